The number of amides is 1. The molecule has 140 valence electrons. The molecule has 0 bridgehead atoms. The summed E-state index contributed by atoms with van der Waals surface area (Å²) in [5.41, 5.74) is 2.37. The second-order valence-electron chi connectivity index (χ2n) is 7.27. The Morgan fingerprint density at radius 3 is 2.67 bits per heavy atom. The van der Waals surface area contributed by atoms with Crippen LogP contribution in [0.15, 0.2) is 48.8 Å². The minimum atomic E-state index is -0.531. The van der Waals surface area contributed by atoms with Gasteiger partial charge in [0.25, 0.3) is 5.91 Å². The molecule has 2 N–H and O–H groups in total. The number of pyridine rings is 1. The Morgan fingerprint density at radius 1 is 1.22 bits per heavy atom. The summed E-state index contributed by atoms with van der Waals surface area (Å²) in [5, 5.41) is 12.8. The standard InChI is InChI=1S/C21H22FN3O2/c22-16-7-5-15(6-8-16)12-25-13-17(19-18(25)4-3-11-23-19)20(27)24-21(14-26)9-1-2-10-21/h3-8,11,13,26H,1-2,9-10,12,14H2,(H,24,27). The highest BCUT2D eigenvalue weighted by molar-refractivity contribution is 6.05. The van der Waals surface area contributed by atoms with Crippen LogP contribution in [-0.4, -0.2) is 32.7 Å². The van der Waals surface area contributed by atoms with Gasteiger partial charge in [0.1, 0.15) is 11.3 Å². The van der Waals surface area contributed by atoms with Crippen molar-refractivity contribution in [3.05, 3.63) is 65.7 Å². The van der Waals surface area contributed by atoms with Gasteiger partial charge >= 0.3 is 0 Å². The van der Waals surface area contributed by atoms with Crippen molar-refractivity contribution in [2.45, 2.75) is 37.8 Å². The van der Waals surface area contributed by atoms with Gasteiger partial charge in [0.05, 0.1) is 23.2 Å². The highest BCUT2D eigenvalue weighted by Crippen LogP contribution is 2.30. The molecule has 4 rings (SSSR count). The molecular formula is C21H22FN3O2. The lowest BCUT2D eigenvalue weighted by atomic mass is 9.98. The van der Waals surface area contributed by atoms with Gasteiger partial charge in [-0.25, -0.2) is 4.39 Å². The van der Waals surface area contributed by atoms with Crippen LogP contribution < -0.4 is 5.32 Å². The molecular weight excluding hydrogens is 345 g/mol. The van der Waals surface area contributed by atoms with Crippen LogP contribution in [0.3, 0.4) is 0 Å². The van der Waals surface area contributed by atoms with E-state index in [4.69, 9.17) is 0 Å². The van der Waals surface area contributed by atoms with E-state index in [1.165, 1.54) is 12.1 Å². The summed E-state index contributed by atoms with van der Waals surface area (Å²) >= 11 is 0. The molecule has 0 unspecified atom stereocenters. The first-order chi connectivity index (χ1) is 13.1. The number of aromatic nitrogens is 2. The molecule has 0 spiro atoms. The Hall–Kier alpha value is -2.73. The van der Waals surface area contributed by atoms with Crippen LogP contribution in [-0.2, 0) is 6.54 Å². The van der Waals surface area contributed by atoms with Crippen molar-refractivity contribution in [3.8, 4) is 0 Å². The lowest BCUT2D eigenvalue weighted by Crippen LogP contribution is -2.49. The molecule has 1 aliphatic carbocycles. The molecule has 1 aromatic carbocycles. The molecule has 1 fully saturated rings. The van der Waals surface area contributed by atoms with Gasteiger partial charge in [-0.2, -0.15) is 0 Å². The molecule has 27 heavy (non-hydrogen) atoms. The van der Waals surface area contributed by atoms with Gasteiger partial charge in [-0.05, 0) is 42.7 Å². The molecule has 2 aromatic heterocycles. The maximum Gasteiger partial charge on any atom is 0.255 e. The third-order valence-corrected chi connectivity index (χ3v) is 5.39. The Labute approximate surface area is 156 Å². The second-order valence-corrected chi connectivity index (χ2v) is 7.27. The first-order valence-corrected chi connectivity index (χ1v) is 9.22. The number of halogens is 1. The van der Waals surface area contributed by atoms with Crippen molar-refractivity contribution in [2.24, 2.45) is 0 Å². The first-order valence-electron chi connectivity index (χ1n) is 9.22. The summed E-state index contributed by atoms with van der Waals surface area (Å²) in [5.74, 6) is -0.490. The molecule has 2 heterocycles. The number of hydrogen-bond acceptors (Lipinski definition) is 3. The zero-order valence-electron chi connectivity index (χ0n) is 15.0. The highest BCUT2D eigenvalue weighted by atomic mass is 19.1. The van der Waals surface area contributed by atoms with Crippen LogP contribution in [0.5, 0.6) is 0 Å². The number of nitrogens with one attached hydrogen (secondary N) is 1. The van der Waals surface area contributed by atoms with Gasteiger partial charge in [0, 0.05) is 18.9 Å². The Morgan fingerprint density at radius 2 is 1.96 bits per heavy atom. The Kier molecular flexibility index (Phi) is 4.66. The summed E-state index contributed by atoms with van der Waals surface area (Å²) in [6, 6.07) is 10.1. The van der Waals surface area contributed by atoms with Gasteiger partial charge in [0.15, 0.2) is 0 Å². The van der Waals surface area contributed by atoms with E-state index in [0.717, 1.165) is 36.8 Å². The highest BCUT2D eigenvalue weighted by Gasteiger charge is 2.35. The molecule has 0 saturated heterocycles. The molecule has 3 aromatic rings. The number of benzene rings is 1. The van der Waals surface area contributed by atoms with Crippen LogP contribution >= 0.6 is 0 Å². The van der Waals surface area contributed by atoms with E-state index in [1.807, 2.05) is 16.7 Å². The lowest BCUT2D eigenvalue weighted by Gasteiger charge is -2.27. The number of aliphatic hydroxyl groups excluding tert-OH is 1. The molecule has 0 atom stereocenters. The van der Waals surface area contributed by atoms with E-state index in [2.05, 4.69) is 10.3 Å². The third kappa shape index (κ3) is 3.45. The predicted octanol–water partition coefficient (Wildman–Crippen LogP) is 3.26. The quantitative estimate of drug-likeness (QED) is 0.727. The largest absolute Gasteiger partial charge is 0.394 e. The smallest absolute Gasteiger partial charge is 0.255 e. The van der Waals surface area contributed by atoms with E-state index >= 15 is 0 Å². The molecule has 1 amide bonds. The van der Waals surface area contributed by atoms with Crippen molar-refractivity contribution < 1.29 is 14.3 Å². The SMILES string of the molecule is O=C(NC1(CO)CCCC1)c1cn(Cc2ccc(F)cc2)c2cccnc12. The predicted molar refractivity (Wildman–Crippen MR) is 101 cm³/mol. The Bertz CT molecular complexity index is 959. The summed E-state index contributed by atoms with van der Waals surface area (Å²) in [6.07, 6.45) is 7.04. The van der Waals surface area contributed by atoms with E-state index in [-0.39, 0.29) is 18.3 Å². The van der Waals surface area contributed by atoms with Crippen molar-refractivity contribution in [2.75, 3.05) is 6.61 Å². The van der Waals surface area contributed by atoms with Crippen molar-refractivity contribution in [3.63, 3.8) is 0 Å². The van der Waals surface area contributed by atoms with Crippen LogP contribution in [0.25, 0.3) is 11.0 Å². The normalized spacial score (nSPS) is 15.9. The first kappa shape index (κ1) is 17.7. The molecule has 0 radical (unpaired) electrons. The summed E-state index contributed by atoms with van der Waals surface area (Å²) in [4.78, 5) is 17.4. The maximum atomic E-state index is 13.2. The number of hydrogen-bond donors (Lipinski definition) is 2. The fraction of sp³-hybridized carbons (Fsp3) is 0.333. The van der Waals surface area contributed by atoms with E-state index in [1.54, 1.807) is 24.5 Å². The summed E-state index contributed by atoms with van der Waals surface area (Å²) < 4.78 is 15.1. The minimum absolute atomic E-state index is 0.0552. The molecule has 0 aliphatic heterocycles. The molecule has 5 nitrogen and oxygen atoms in total. The van der Waals surface area contributed by atoms with E-state index in [9.17, 15) is 14.3 Å². The summed E-state index contributed by atoms with van der Waals surface area (Å²) in [6.45, 7) is 0.460. The fourth-order valence-corrected chi connectivity index (χ4v) is 3.89. The van der Waals surface area contributed by atoms with Gasteiger partial charge in [-0.3, -0.25) is 9.78 Å². The lowest BCUT2D eigenvalue weighted by molar-refractivity contribution is 0.0840. The number of fused-ring (bicyclic) bond motifs is 1. The fourth-order valence-electron chi connectivity index (χ4n) is 3.89. The van der Waals surface area contributed by atoms with Gasteiger partial charge in [-0.15, -0.1) is 0 Å². The van der Waals surface area contributed by atoms with Gasteiger partial charge in [-0.1, -0.05) is 25.0 Å². The molecule has 1 aliphatic rings. The zero-order chi connectivity index (χ0) is 18.9. The van der Waals surface area contributed by atoms with Crippen LogP contribution in [0.4, 0.5) is 4.39 Å². The average molecular weight is 367 g/mol. The monoisotopic (exact) mass is 367 g/mol. The molecule has 6 heteroatoms. The average Bonchev–Trinajstić information content (AvgIpc) is 3.29. The number of rotatable bonds is 5. The number of nitrogens with zero attached hydrogens (tertiary/aromatic N) is 2. The number of carbonyl (C=O) groups excluding carboxylic acids is 1. The van der Waals surface area contributed by atoms with E-state index in [0.29, 0.717) is 17.6 Å². The number of aliphatic hydroxyl groups is 1. The van der Waals surface area contributed by atoms with Crippen molar-refractivity contribution >= 4 is 16.9 Å². The maximum absolute atomic E-state index is 13.2. The van der Waals surface area contributed by atoms with Crippen LogP contribution in [0.2, 0.25) is 0 Å². The van der Waals surface area contributed by atoms with Gasteiger partial charge < -0.3 is 15.0 Å². The van der Waals surface area contributed by atoms with Crippen LogP contribution in [0, 0.1) is 5.82 Å². The minimum Gasteiger partial charge on any atom is -0.394 e. The van der Waals surface area contributed by atoms with Gasteiger partial charge in [0.2, 0.25) is 0 Å². The third-order valence-electron chi connectivity index (χ3n) is 5.39. The Balaban J connectivity index is 1.67. The van der Waals surface area contributed by atoms with Crippen molar-refractivity contribution in [1.82, 2.24) is 14.9 Å². The second kappa shape index (κ2) is 7.12. The van der Waals surface area contributed by atoms with Crippen molar-refractivity contribution in [1.29, 1.82) is 0 Å². The molecule has 1 saturated carbocycles. The zero-order valence-corrected chi connectivity index (χ0v) is 15.0. The number of carbonyl (C=O) groups is 1. The topological polar surface area (TPSA) is 67.2 Å². The van der Waals surface area contributed by atoms with Crippen LogP contribution in [0.1, 0.15) is 41.6 Å². The van der Waals surface area contributed by atoms with E-state index < -0.39 is 5.54 Å². The summed E-state index contributed by atoms with van der Waals surface area (Å²) in [7, 11) is 0.